The molecule has 0 saturated carbocycles. The van der Waals surface area contributed by atoms with Gasteiger partial charge in [-0.2, -0.15) is 0 Å². The number of hydrogen-bond acceptors (Lipinski definition) is 3. The molecule has 28 heavy (non-hydrogen) atoms. The van der Waals surface area contributed by atoms with E-state index in [0.29, 0.717) is 18.2 Å². The van der Waals surface area contributed by atoms with Gasteiger partial charge in [-0.15, -0.1) is 12.4 Å². The maximum Gasteiger partial charge on any atom is 0.249 e. The highest BCUT2D eigenvalue weighted by atomic mass is 35.5. The quantitative estimate of drug-likeness (QED) is 0.744. The van der Waals surface area contributed by atoms with Crippen LogP contribution in [0.4, 0.5) is 0 Å². The molecule has 0 aromatic heterocycles. The number of likely N-dealkylation sites (tertiary alicyclic amines) is 1. The van der Waals surface area contributed by atoms with Crippen LogP contribution in [-0.4, -0.2) is 47.5 Å². The van der Waals surface area contributed by atoms with Gasteiger partial charge in [-0.25, -0.2) is 0 Å². The van der Waals surface area contributed by atoms with Gasteiger partial charge in [0.25, 0.3) is 0 Å². The van der Waals surface area contributed by atoms with Gasteiger partial charge in [-0.3, -0.25) is 9.69 Å². The van der Waals surface area contributed by atoms with E-state index in [1.165, 1.54) is 5.56 Å². The minimum atomic E-state index is -0.204. The monoisotopic (exact) mass is 420 g/mol. The third kappa shape index (κ3) is 4.69. The summed E-state index contributed by atoms with van der Waals surface area (Å²) in [6.45, 7) is 4.30. The van der Waals surface area contributed by atoms with Crippen molar-refractivity contribution in [2.24, 2.45) is 0 Å². The van der Waals surface area contributed by atoms with Crippen molar-refractivity contribution in [2.75, 3.05) is 26.3 Å². The Labute approximate surface area is 177 Å². The fraction of sp³-hybridized carbons (Fsp3) is 0.409. The second-order valence-electron chi connectivity index (χ2n) is 7.59. The molecule has 150 valence electrons. The van der Waals surface area contributed by atoms with Crippen molar-refractivity contribution in [1.29, 1.82) is 0 Å². The zero-order valence-corrected chi connectivity index (χ0v) is 17.4. The number of ether oxygens (including phenoxy) is 1. The SMILES string of the molecule is Cl.O=C1COCC2(CCN(Cc3ccccc3)CC2)N1Cc1cccc(Cl)c1. The molecule has 2 aliphatic rings. The van der Waals surface area contributed by atoms with Gasteiger partial charge in [0.05, 0.1) is 12.1 Å². The molecule has 2 heterocycles. The van der Waals surface area contributed by atoms with Crippen molar-refractivity contribution in [3.63, 3.8) is 0 Å². The molecule has 1 spiro atoms. The van der Waals surface area contributed by atoms with Gasteiger partial charge >= 0.3 is 0 Å². The van der Waals surface area contributed by atoms with E-state index < -0.39 is 0 Å². The third-order valence-electron chi connectivity index (χ3n) is 5.74. The molecule has 6 heteroatoms. The van der Waals surface area contributed by atoms with Gasteiger partial charge in [0.15, 0.2) is 0 Å². The second kappa shape index (κ2) is 9.27. The predicted molar refractivity (Wildman–Crippen MR) is 114 cm³/mol. The van der Waals surface area contributed by atoms with Crippen molar-refractivity contribution >= 4 is 29.9 Å². The molecule has 2 saturated heterocycles. The first-order valence-corrected chi connectivity index (χ1v) is 9.91. The molecule has 2 aromatic carbocycles. The smallest absolute Gasteiger partial charge is 0.249 e. The number of piperidine rings is 1. The van der Waals surface area contributed by atoms with Crippen molar-refractivity contribution < 1.29 is 9.53 Å². The van der Waals surface area contributed by atoms with Crippen LogP contribution in [0.2, 0.25) is 5.02 Å². The molecule has 2 fully saturated rings. The van der Waals surface area contributed by atoms with Gasteiger partial charge < -0.3 is 9.64 Å². The molecule has 0 atom stereocenters. The summed E-state index contributed by atoms with van der Waals surface area (Å²) in [6, 6.07) is 18.3. The van der Waals surface area contributed by atoms with Crippen LogP contribution in [0.25, 0.3) is 0 Å². The highest BCUT2D eigenvalue weighted by Gasteiger charge is 2.45. The van der Waals surface area contributed by atoms with E-state index in [1.54, 1.807) is 0 Å². The summed E-state index contributed by atoms with van der Waals surface area (Å²) in [6.07, 6.45) is 1.87. The van der Waals surface area contributed by atoms with Crippen LogP contribution in [0.15, 0.2) is 54.6 Å². The lowest BCUT2D eigenvalue weighted by atomic mass is 9.84. The Hall–Kier alpha value is -1.59. The number of hydrogen-bond donors (Lipinski definition) is 0. The Morgan fingerprint density at radius 2 is 1.68 bits per heavy atom. The first kappa shape index (κ1) is 21.1. The highest BCUT2D eigenvalue weighted by molar-refractivity contribution is 6.30. The minimum Gasteiger partial charge on any atom is -0.369 e. The number of nitrogens with zero attached hydrogens (tertiary/aromatic N) is 2. The standard InChI is InChI=1S/C22H25ClN2O2.ClH/c23-20-8-4-7-19(13-20)15-25-21(26)16-27-17-22(25)9-11-24(12-10-22)14-18-5-2-1-3-6-18;/h1-8,13H,9-12,14-17H2;1H. The summed E-state index contributed by atoms with van der Waals surface area (Å²) in [5.41, 5.74) is 2.20. The Morgan fingerprint density at radius 1 is 0.964 bits per heavy atom. The van der Waals surface area contributed by atoms with E-state index in [4.69, 9.17) is 16.3 Å². The first-order valence-electron chi connectivity index (χ1n) is 9.54. The molecule has 0 radical (unpaired) electrons. The minimum absolute atomic E-state index is 0. The summed E-state index contributed by atoms with van der Waals surface area (Å²) in [5.74, 6) is 0.0812. The molecule has 2 aromatic rings. The van der Waals surface area contributed by atoms with E-state index in [9.17, 15) is 4.79 Å². The summed E-state index contributed by atoms with van der Waals surface area (Å²) < 4.78 is 5.68. The number of benzene rings is 2. The maximum absolute atomic E-state index is 12.7. The normalized spacial score (nSPS) is 19.5. The van der Waals surface area contributed by atoms with Crippen LogP contribution >= 0.6 is 24.0 Å². The Morgan fingerprint density at radius 3 is 2.39 bits per heavy atom. The molecule has 0 bridgehead atoms. The number of carbonyl (C=O) groups is 1. The van der Waals surface area contributed by atoms with Crippen LogP contribution in [0.5, 0.6) is 0 Å². The lowest BCUT2D eigenvalue weighted by molar-refractivity contribution is -0.164. The molecule has 0 aliphatic carbocycles. The molecule has 0 N–H and O–H groups in total. The molecule has 2 aliphatic heterocycles. The predicted octanol–water partition coefficient (Wildman–Crippen LogP) is 4.16. The van der Waals surface area contributed by atoms with Crippen molar-refractivity contribution in [3.05, 3.63) is 70.7 Å². The van der Waals surface area contributed by atoms with Crippen molar-refractivity contribution in [2.45, 2.75) is 31.5 Å². The number of rotatable bonds is 4. The summed E-state index contributed by atoms with van der Waals surface area (Å²) in [5, 5.41) is 0.708. The van der Waals surface area contributed by atoms with Gasteiger partial charge in [-0.1, -0.05) is 54.1 Å². The van der Waals surface area contributed by atoms with Gasteiger partial charge in [0, 0.05) is 31.2 Å². The van der Waals surface area contributed by atoms with Crippen LogP contribution in [0.1, 0.15) is 24.0 Å². The topological polar surface area (TPSA) is 32.8 Å². The second-order valence-corrected chi connectivity index (χ2v) is 8.03. The summed E-state index contributed by atoms with van der Waals surface area (Å²) >= 11 is 6.14. The van der Waals surface area contributed by atoms with Gasteiger partial charge in [0.2, 0.25) is 5.91 Å². The number of carbonyl (C=O) groups excluding carboxylic acids is 1. The van der Waals surface area contributed by atoms with Crippen LogP contribution in [0, 0.1) is 0 Å². The van der Waals surface area contributed by atoms with Crippen LogP contribution < -0.4 is 0 Å². The van der Waals surface area contributed by atoms with E-state index in [0.717, 1.165) is 38.0 Å². The number of halogens is 2. The highest BCUT2D eigenvalue weighted by Crippen LogP contribution is 2.34. The van der Waals surface area contributed by atoms with Gasteiger partial charge in [0.1, 0.15) is 6.61 Å². The fourth-order valence-electron chi connectivity index (χ4n) is 4.21. The fourth-order valence-corrected chi connectivity index (χ4v) is 4.42. The number of morpholine rings is 1. The molecule has 1 amide bonds. The average Bonchev–Trinajstić information content (AvgIpc) is 2.68. The molecular weight excluding hydrogens is 395 g/mol. The van der Waals surface area contributed by atoms with Crippen LogP contribution in [0.3, 0.4) is 0 Å². The lowest BCUT2D eigenvalue weighted by Crippen LogP contribution is -2.63. The summed E-state index contributed by atoms with van der Waals surface area (Å²) in [7, 11) is 0. The Bertz CT molecular complexity index is 792. The average molecular weight is 421 g/mol. The Balaban J connectivity index is 0.00000225. The van der Waals surface area contributed by atoms with E-state index >= 15 is 0 Å². The van der Waals surface area contributed by atoms with Crippen LogP contribution in [-0.2, 0) is 22.6 Å². The first-order chi connectivity index (χ1) is 13.1. The third-order valence-corrected chi connectivity index (χ3v) is 5.97. The van der Waals surface area contributed by atoms with Crippen molar-refractivity contribution in [1.82, 2.24) is 9.80 Å². The van der Waals surface area contributed by atoms with E-state index in [-0.39, 0.29) is 30.5 Å². The Kier molecular flexibility index (Phi) is 7.00. The largest absolute Gasteiger partial charge is 0.369 e. The number of amides is 1. The molecular formula is C22H26Cl2N2O2. The van der Waals surface area contributed by atoms with Gasteiger partial charge in [-0.05, 0) is 36.1 Å². The maximum atomic E-state index is 12.7. The van der Waals surface area contributed by atoms with E-state index in [2.05, 4.69) is 29.2 Å². The summed E-state index contributed by atoms with van der Waals surface area (Å²) in [4.78, 5) is 17.2. The molecule has 0 unspecified atom stereocenters. The zero-order chi connectivity index (χ0) is 18.7. The van der Waals surface area contributed by atoms with Crippen molar-refractivity contribution in [3.8, 4) is 0 Å². The lowest BCUT2D eigenvalue weighted by Gasteiger charge is -2.51. The molecule has 4 rings (SSSR count). The zero-order valence-electron chi connectivity index (χ0n) is 15.9. The van der Waals surface area contributed by atoms with E-state index in [1.807, 2.05) is 35.2 Å². The molecule has 4 nitrogen and oxygen atoms in total.